The van der Waals surface area contributed by atoms with Gasteiger partial charge in [-0.3, -0.25) is 5.10 Å². The van der Waals surface area contributed by atoms with Gasteiger partial charge in [0.15, 0.2) is 0 Å². The molecule has 3 nitrogen and oxygen atoms in total. The average Bonchev–Trinajstić information content (AvgIpc) is 2.83. The number of hydrogen-bond acceptors (Lipinski definition) is 2. The number of H-pyrrole nitrogens is 1. The van der Waals surface area contributed by atoms with Crippen LogP contribution < -0.4 is 5.73 Å². The van der Waals surface area contributed by atoms with E-state index in [9.17, 15) is 0 Å². The second-order valence-electron chi connectivity index (χ2n) is 3.47. The van der Waals surface area contributed by atoms with Gasteiger partial charge < -0.3 is 5.73 Å². The van der Waals surface area contributed by atoms with Crippen LogP contribution in [0.4, 0.5) is 0 Å². The monoisotopic (exact) mass is 165 g/mol. The number of rotatable bonds is 4. The molecule has 0 unspecified atom stereocenters. The second-order valence-corrected chi connectivity index (χ2v) is 3.47. The van der Waals surface area contributed by atoms with Gasteiger partial charge in [-0.15, -0.1) is 0 Å². The Hall–Kier alpha value is -0.830. The lowest BCUT2D eigenvalue weighted by Crippen LogP contribution is -2.01. The first-order valence-corrected chi connectivity index (χ1v) is 4.64. The van der Waals surface area contributed by atoms with Crippen LogP contribution in [-0.4, -0.2) is 16.7 Å². The molecule has 1 saturated carbocycles. The summed E-state index contributed by atoms with van der Waals surface area (Å²) < 4.78 is 0. The molecular formula is C9H15N3. The lowest BCUT2D eigenvalue weighted by molar-refractivity contribution is 0.794. The molecule has 0 bridgehead atoms. The number of aromatic amines is 1. The van der Waals surface area contributed by atoms with Gasteiger partial charge in [0.05, 0.1) is 6.20 Å². The molecule has 1 aromatic heterocycles. The molecule has 3 N–H and O–H groups in total. The van der Waals surface area contributed by atoms with E-state index >= 15 is 0 Å². The number of aryl methyl sites for hydroxylation is 1. The highest BCUT2D eigenvalue weighted by Gasteiger charge is 2.26. The molecule has 0 amide bonds. The topological polar surface area (TPSA) is 54.7 Å². The highest BCUT2D eigenvalue weighted by atomic mass is 15.1. The molecule has 3 heteroatoms. The van der Waals surface area contributed by atoms with Crippen molar-refractivity contribution in [1.82, 2.24) is 10.2 Å². The van der Waals surface area contributed by atoms with Crippen molar-refractivity contribution in [3.63, 3.8) is 0 Å². The summed E-state index contributed by atoms with van der Waals surface area (Å²) in [4.78, 5) is 0. The zero-order valence-electron chi connectivity index (χ0n) is 7.21. The minimum absolute atomic E-state index is 0.767. The van der Waals surface area contributed by atoms with E-state index in [4.69, 9.17) is 5.73 Å². The van der Waals surface area contributed by atoms with Gasteiger partial charge in [-0.2, -0.15) is 5.10 Å². The first-order chi connectivity index (χ1) is 5.92. The summed E-state index contributed by atoms with van der Waals surface area (Å²) in [5, 5.41) is 7.13. The van der Waals surface area contributed by atoms with Crippen molar-refractivity contribution in [3.8, 4) is 0 Å². The molecule has 0 aromatic carbocycles. The molecule has 1 heterocycles. The average molecular weight is 165 g/mol. The van der Waals surface area contributed by atoms with Crippen molar-refractivity contribution >= 4 is 0 Å². The Morgan fingerprint density at radius 1 is 1.58 bits per heavy atom. The van der Waals surface area contributed by atoms with Crippen molar-refractivity contribution in [2.45, 2.75) is 31.6 Å². The summed E-state index contributed by atoms with van der Waals surface area (Å²) in [7, 11) is 0. The van der Waals surface area contributed by atoms with E-state index in [0.29, 0.717) is 0 Å². The first-order valence-electron chi connectivity index (χ1n) is 4.64. The minimum atomic E-state index is 0.767. The minimum Gasteiger partial charge on any atom is -0.330 e. The molecule has 2 rings (SSSR count). The Kier molecular flexibility index (Phi) is 2.13. The van der Waals surface area contributed by atoms with Crippen LogP contribution in [0.25, 0.3) is 0 Å². The van der Waals surface area contributed by atoms with E-state index in [0.717, 1.165) is 25.3 Å². The smallest absolute Gasteiger partial charge is 0.0524 e. The summed E-state index contributed by atoms with van der Waals surface area (Å²) in [6, 6.07) is 0. The number of nitrogens with zero attached hydrogens (tertiary/aromatic N) is 1. The summed E-state index contributed by atoms with van der Waals surface area (Å²) in [5.74, 6) is 0.802. The number of nitrogens with one attached hydrogen (secondary N) is 1. The molecule has 0 spiro atoms. The molecule has 0 aliphatic heterocycles. The quantitative estimate of drug-likeness (QED) is 0.703. The van der Waals surface area contributed by atoms with Crippen molar-refractivity contribution in [1.29, 1.82) is 0 Å². The van der Waals surface area contributed by atoms with Gasteiger partial charge in [0.2, 0.25) is 0 Å². The summed E-state index contributed by atoms with van der Waals surface area (Å²) >= 11 is 0. The third-order valence-corrected chi connectivity index (χ3v) is 2.40. The second kappa shape index (κ2) is 3.27. The van der Waals surface area contributed by atoms with Crippen molar-refractivity contribution in [2.75, 3.05) is 6.54 Å². The summed E-state index contributed by atoms with van der Waals surface area (Å²) in [5.41, 5.74) is 8.19. The number of nitrogens with two attached hydrogens (primary N) is 1. The fourth-order valence-corrected chi connectivity index (χ4v) is 1.55. The lowest BCUT2D eigenvalue weighted by atomic mass is 10.1. The third-order valence-electron chi connectivity index (χ3n) is 2.40. The number of hydrogen-bond donors (Lipinski definition) is 2. The Morgan fingerprint density at radius 2 is 2.42 bits per heavy atom. The molecule has 12 heavy (non-hydrogen) atoms. The molecule has 1 aliphatic rings. The molecule has 66 valence electrons. The van der Waals surface area contributed by atoms with E-state index in [1.54, 1.807) is 0 Å². The standard InChI is InChI=1S/C9H15N3/c10-5-1-2-9-8(6-11-12-9)7-3-4-7/h6-7H,1-5,10H2,(H,11,12). The molecule has 0 atom stereocenters. The zero-order valence-corrected chi connectivity index (χ0v) is 7.21. The van der Waals surface area contributed by atoms with Gasteiger partial charge in [-0.05, 0) is 43.7 Å². The van der Waals surface area contributed by atoms with Crippen LogP contribution in [-0.2, 0) is 6.42 Å². The lowest BCUT2D eigenvalue weighted by Gasteiger charge is -1.98. The maximum atomic E-state index is 5.45. The predicted octanol–water partition coefficient (Wildman–Crippen LogP) is 1.18. The van der Waals surface area contributed by atoms with Crippen LogP contribution in [0.15, 0.2) is 6.20 Å². The highest BCUT2D eigenvalue weighted by molar-refractivity contribution is 5.25. The van der Waals surface area contributed by atoms with Crippen LogP contribution in [0.1, 0.15) is 36.4 Å². The van der Waals surface area contributed by atoms with Crippen molar-refractivity contribution < 1.29 is 0 Å². The van der Waals surface area contributed by atoms with Gasteiger partial charge in [0, 0.05) is 5.69 Å². The fraction of sp³-hybridized carbons (Fsp3) is 0.667. The van der Waals surface area contributed by atoms with E-state index < -0.39 is 0 Å². The normalized spacial score (nSPS) is 16.8. The molecule has 0 saturated heterocycles. The Balaban J connectivity index is 2.03. The Labute approximate surface area is 72.4 Å². The van der Waals surface area contributed by atoms with Crippen molar-refractivity contribution in [3.05, 3.63) is 17.5 Å². The highest BCUT2D eigenvalue weighted by Crippen LogP contribution is 2.41. The van der Waals surface area contributed by atoms with E-state index in [-0.39, 0.29) is 0 Å². The predicted molar refractivity (Wildman–Crippen MR) is 47.9 cm³/mol. The van der Waals surface area contributed by atoms with Crippen LogP contribution >= 0.6 is 0 Å². The maximum absolute atomic E-state index is 5.45. The van der Waals surface area contributed by atoms with E-state index in [1.165, 1.54) is 24.1 Å². The SMILES string of the molecule is NCCCc1[nH]ncc1C1CC1. The molecule has 1 fully saturated rings. The van der Waals surface area contributed by atoms with E-state index in [1.807, 2.05) is 6.20 Å². The summed E-state index contributed by atoms with van der Waals surface area (Å²) in [6.07, 6.45) is 6.78. The van der Waals surface area contributed by atoms with Crippen LogP contribution in [0, 0.1) is 0 Å². The zero-order chi connectivity index (χ0) is 8.39. The fourth-order valence-electron chi connectivity index (χ4n) is 1.55. The van der Waals surface area contributed by atoms with Gasteiger partial charge in [-0.1, -0.05) is 0 Å². The van der Waals surface area contributed by atoms with Gasteiger partial charge in [0.25, 0.3) is 0 Å². The number of aromatic nitrogens is 2. The first kappa shape index (κ1) is 7.80. The van der Waals surface area contributed by atoms with Gasteiger partial charge >= 0.3 is 0 Å². The Morgan fingerprint density at radius 3 is 3.08 bits per heavy atom. The van der Waals surface area contributed by atoms with E-state index in [2.05, 4.69) is 10.2 Å². The van der Waals surface area contributed by atoms with Crippen molar-refractivity contribution in [2.24, 2.45) is 5.73 Å². The Bertz CT molecular complexity index is 250. The largest absolute Gasteiger partial charge is 0.330 e. The molecular weight excluding hydrogens is 150 g/mol. The van der Waals surface area contributed by atoms with Gasteiger partial charge in [-0.25, -0.2) is 0 Å². The molecule has 1 aliphatic carbocycles. The maximum Gasteiger partial charge on any atom is 0.0524 e. The van der Waals surface area contributed by atoms with Gasteiger partial charge in [0.1, 0.15) is 0 Å². The van der Waals surface area contributed by atoms with Crippen LogP contribution in [0.3, 0.4) is 0 Å². The van der Waals surface area contributed by atoms with Crippen LogP contribution in [0.5, 0.6) is 0 Å². The third kappa shape index (κ3) is 1.50. The van der Waals surface area contributed by atoms with Crippen LogP contribution in [0.2, 0.25) is 0 Å². The molecule has 1 aromatic rings. The summed E-state index contributed by atoms with van der Waals surface area (Å²) in [6.45, 7) is 0.767. The molecule has 0 radical (unpaired) electrons.